The minimum absolute atomic E-state index is 0.0183. The minimum Gasteiger partial charge on any atom is -0.366 e. The Morgan fingerprint density at radius 1 is 1.07 bits per heavy atom. The van der Waals surface area contributed by atoms with Crippen LogP contribution in [-0.2, 0) is 11.3 Å². The summed E-state index contributed by atoms with van der Waals surface area (Å²) >= 11 is 7.04. The number of benzene rings is 2. The zero-order chi connectivity index (χ0) is 19.9. The maximum Gasteiger partial charge on any atom is 0.234 e. The van der Waals surface area contributed by atoms with E-state index in [9.17, 15) is 13.6 Å². The summed E-state index contributed by atoms with van der Waals surface area (Å²) in [5.74, 6) is -1.33. The monoisotopic (exact) mass is 420 g/mol. The number of rotatable bonds is 7. The molecule has 0 aliphatic rings. The van der Waals surface area contributed by atoms with Crippen LogP contribution in [0.25, 0.3) is 0 Å². The summed E-state index contributed by atoms with van der Waals surface area (Å²) in [6, 6.07) is 12.1. The van der Waals surface area contributed by atoms with Crippen molar-refractivity contribution in [1.29, 1.82) is 0 Å². The van der Waals surface area contributed by atoms with E-state index in [1.807, 2.05) is 24.3 Å². The van der Waals surface area contributed by atoms with Crippen molar-refractivity contribution in [3.05, 3.63) is 77.1 Å². The summed E-state index contributed by atoms with van der Waals surface area (Å²) in [5.41, 5.74) is 0.970. The highest BCUT2D eigenvalue weighted by atomic mass is 35.5. The molecule has 3 rings (SSSR count). The lowest BCUT2D eigenvalue weighted by molar-refractivity contribution is -0.113. The SMILES string of the molecule is O=C(CSc1cc(NCc2ccc(Cl)cc2)ncn1)Nc1ccc(F)cc1F. The van der Waals surface area contributed by atoms with Crippen molar-refractivity contribution in [2.24, 2.45) is 0 Å². The average Bonchev–Trinajstić information content (AvgIpc) is 2.68. The summed E-state index contributed by atoms with van der Waals surface area (Å²) in [7, 11) is 0. The lowest BCUT2D eigenvalue weighted by Crippen LogP contribution is -2.15. The van der Waals surface area contributed by atoms with Crippen molar-refractivity contribution in [2.45, 2.75) is 11.6 Å². The van der Waals surface area contributed by atoms with Crippen molar-refractivity contribution < 1.29 is 13.6 Å². The topological polar surface area (TPSA) is 66.9 Å². The molecular weight excluding hydrogens is 406 g/mol. The molecule has 3 aromatic rings. The predicted molar refractivity (Wildman–Crippen MR) is 107 cm³/mol. The molecule has 1 heterocycles. The van der Waals surface area contributed by atoms with E-state index in [2.05, 4.69) is 20.6 Å². The Kier molecular flexibility index (Phi) is 6.78. The van der Waals surface area contributed by atoms with Gasteiger partial charge in [-0.1, -0.05) is 35.5 Å². The summed E-state index contributed by atoms with van der Waals surface area (Å²) in [5, 5.41) is 6.83. The maximum atomic E-state index is 13.6. The second-order valence-electron chi connectivity index (χ2n) is 5.68. The van der Waals surface area contributed by atoms with Crippen molar-refractivity contribution in [2.75, 3.05) is 16.4 Å². The Bertz CT molecular complexity index is 972. The highest BCUT2D eigenvalue weighted by molar-refractivity contribution is 7.99. The van der Waals surface area contributed by atoms with Gasteiger partial charge in [0.15, 0.2) is 0 Å². The molecule has 5 nitrogen and oxygen atoms in total. The third kappa shape index (κ3) is 5.90. The van der Waals surface area contributed by atoms with Crippen LogP contribution in [-0.4, -0.2) is 21.6 Å². The van der Waals surface area contributed by atoms with E-state index in [-0.39, 0.29) is 11.4 Å². The van der Waals surface area contributed by atoms with Gasteiger partial charge in [-0.2, -0.15) is 0 Å². The number of amides is 1. The smallest absolute Gasteiger partial charge is 0.234 e. The van der Waals surface area contributed by atoms with Crippen LogP contribution in [0, 0.1) is 11.6 Å². The van der Waals surface area contributed by atoms with Gasteiger partial charge < -0.3 is 10.6 Å². The second-order valence-corrected chi connectivity index (χ2v) is 7.11. The quantitative estimate of drug-likeness (QED) is 0.426. The van der Waals surface area contributed by atoms with E-state index < -0.39 is 17.5 Å². The Labute approximate surface area is 169 Å². The van der Waals surface area contributed by atoms with Gasteiger partial charge in [0.25, 0.3) is 0 Å². The lowest BCUT2D eigenvalue weighted by atomic mass is 10.2. The standard InChI is InChI=1S/C19H15ClF2N4OS/c20-13-3-1-12(2-4-13)9-23-17-8-19(25-11-24-17)28-10-18(27)26-16-6-5-14(21)7-15(16)22/h1-8,11H,9-10H2,(H,26,27)(H,23,24,25). The van der Waals surface area contributed by atoms with Crippen molar-refractivity contribution in [3.8, 4) is 0 Å². The molecule has 1 aromatic heterocycles. The Balaban J connectivity index is 1.52. The zero-order valence-corrected chi connectivity index (χ0v) is 16.0. The fourth-order valence-corrected chi connectivity index (χ4v) is 3.02. The van der Waals surface area contributed by atoms with Crippen LogP contribution < -0.4 is 10.6 Å². The predicted octanol–water partition coefficient (Wildman–Crippen LogP) is 4.75. The first-order chi connectivity index (χ1) is 13.5. The van der Waals surface area contributed by atoms with Gasteiger partial charge in [0.05, 0.1) is 11.4 Å². The zero-order valence-electron chi connectivity index (χ0n) is 14.5. The van der Waals surface area contributed by atoms with E-state index in [1.54, 1.807) is 6.07 Å². The first-order valence-electron chi connectivity index (χ1n) is 8.17. The third-order valence-corrected chi connectivity index (χ3v) is 4.76. The molecule has 2 N–H and O–H groups in total. The van der Waals surface area contributed by atoms with E-state index in [1.165, 1.54) is 24.2 Å². The Morgan fingerprint density at radius 2 is 1.86 bits per heavy atom. The molecule has 0 spiro atoms. The molecule has 0 saturated heterocycles. The normalized spacial score (nSPS) is 10.5. The number of carbonyl (C=O) groups excluding carboxylic acids is 1. The number of halogens is 3. The molecule has 0 fully saturated rings. The first kappa shape index (κ1) is 20.0. The fourth-order valence-electron chi connectivity index (χ4n) is 2.23. The number of aromatic nitrogens is 2. The van der Waals surface area contributed by atoms with Crippen LogP contribution in [0.3, 0.4) is 0 Å². The second kappa shape index (κ2) is 9.48. The van der Waals surface area contributed by atoms with Crippen LogP contribution in [0.4, 0.5) is 20.3 Å². The molecule has 1 amide bonds. The number of nitrogens with zero attached hydrogens (tertiary/aromatic N) is 2. The molecule has 0 saturated carbocycles. The Hall–Kier alpha value is -2.71. The summed E-state index contributed by atoms with van der Waals surface area (Å²) in [4.78, 5) is 20.2. The van der Waals surface area contributed by atoms with Gasteiger partial charge in [-0.05, 0) is 29.8 Å². The third-order valence-electron chi connectivity index (χ3n) is 3.59. The summed E-state index contributed by atoms with van der Waals surface area (Å²) in [6.45, 7) is 0.558. The molecular formula is C19H15ClF2N4OS. The number of anilines is 2. The molecule has 0 aliphatic heterocycles. The van der Waals surface area contributed by atoms with Gasteiger partial charge in [-0.3, -0.25) is 4.79 Å². The minimum atomic E-state index is -0.825. The number of carbonyl (C=O) groups is 1. The van der Waals surface area contributed by atoms with Crippen LogP contribution in [0.5, 0.6) is 0 Å². The maximum absolute atomic E-state index is 13.6. The fraction of sp³-hybridized carbons (Fsp3) is 0.105. The molecule has 9 heteroatoms. The molecule has 144 valence electrons. The molecule has 0 bridgehead atoms. The van der Waals surface area contributed by atoms with Gasteiger partial charge in [-0.25, -0.2) is 18.7 Å². The van der Waals surface area contributed by atoms with Crippen LogP contribution in [0.2, 0.25) is 5.02 Å². The van der Waals surface area contributed by atoms with Gasteiger partial charge in [0.1, 0.15) is 28.8 Å². The van der Waals surface area contributed by atoms with Crippen LogP contribution >= 0.6 is 23.4 Å². The van der Waals surface area contributed by atoms with Crippen LogP contribution in [0.15, 0.2) is 59.9 Å². The van der Waals surface area contributed by atoms with Crippen LogP contribution in [0.1, 0.15) is 5.56 Å². The van der Waals surface area contributed by atoms with E-state index >= 15 is 0 Å². The van der Waals surface area contributed by atoms with Crippen molar-refractivity contribution >= 4 is 40.8 Å². The van der Waals surface area contributed by atoms with E-state index in [0.29, 0.717) is 28.5 Å². The van der Waals surface area contributed by atoms with E-state index in [0.717, 1.165) is 11.6 Å². The molecule has 0 unspecified atom stereocenters. The number of thioether (sulfide) groups is 1. The highest BCUT2D eigenvalue weighted by Gasteiger charge is 2.09. The Morgan fingerprint density at radius 3 is 2.61 bits per heavy atom. The van der Waals surface area contributed by atoms with Crippen molar-refractivity contribution in [1.82, 2.24) is 9.97 Å². The number of hydrogen-bond donors (Lipinski definition) is 2. The molecule has 0 atom stereocenters. The van der Waals surface area contributed by atoms with Gasteiger partial charge in [0.2, 0.25) is 5.91 Å². The van der Waals surface area contributed by atoms with Gasteiger partial charge >= 0.3 is 0 Å². The molecule has 0 aliphatic carbocycles. The largest absolute Gasteiger partial charge is 0.366 e. The van der Waals surface area contributed by atoms with Gasteiger partial charge in [-0.15, -0.1) is 0 Å². The number of nitrogens with one attached hydrogen (secondary N) is 2. The molecule has 2 aromatic carbocycles. The molecule has 0 radical (unpaired) electrons. The highest BCUT2D eigenvalue weighted by Crippen LogP contribution is 2.20. The van der Waals surface area contributed by atoms with Gasteiger partial charge in [0, 0.05) is 23.7 Å². The molecule has 28 heavy (non-hydrogen) atoms. The summed E-state index contributed by atoms with van der Waals surface area (Å²) in [6.07, 6.45) is 1.39. The van der Waals surface area contributed by atoms with Crippen molar-refractivity contribution in [3.63, 3.8) is 0 Å². The number of hydrogen-bond acceptors (Lipinski definition) is 5. The average molecular weight is 421 g/mol. The van der Waals surface area contributed by atoms with E-state index in [4.69, 9.17) is 11.6 Å². The summed E-state index contributed by atoms with van der Waals surface area (Å²) < 4.78 is 26.5. The first-order valence-corrected chi connectivity index (χ1v) is 9.54. The lowest BCUT2D eigenvalue weighted by Gasteiger charge is -2.08.